The van der Waals surface area contributed by atoms with Crippen LogP contribution in [0.3, 0.4) is 0 Å². The largest absolute Gasteiger partial charge is 0.490 e. The lowest BCUT2D eigenvalue weighted by Crippen LogP contribution is -2.49. The summed E-state index contributed by atoms with van der Waals surface area (Å²) in [6, 6.07) is 8.53. The van der Waals surface area contributed by atoms with Crippen LogP contribution in [0.4, 0.5) is 0 Å². The molecule has 2 fully saturated rings. The van der Waals surface area contributed by atoms with Gasteiger partial charge in [0.2, 0.25) is 5.91 Å². The highest BCUT2D eigenvalue weighted by Crippen LogP contribution is 2.27. The second kappa shape index (κ2) is 12.2. The summed E-state index contributed by atoms with van der Waals surface area (Å²) in [5.74, 6) is 1.52. The van der Waals surface area contributed by atoms with Crippen molar-refractivity contribution in [2.45, 2.75) is 57.7 Å². The topological polar surface area (TPSA) is 92.0 Å². The van der Waals surface area contributed by atoms with Crippen molar-refractivity contribution in [3.8, 4) is 5.75 Å². The Morgan fingerprint density at radius 2 is 1.97 bits per heavy atom. The van der Waals surface area contributed by atoms with Crippen molar-refractivity contribution in [3.63, 3.8) is 0 Å². The van der Waals surface area contributed by atoms with E-state index in [4.69, 9.17) is 15.5 Å². The molecule has 0 unspecified atom stereocenters. The molecular weight excluding hydrogens is 481 g/mol. The molecule has 3 rings (SSSR count). The lowest BCUT2D eigenvalue weighted by atomic mass is 9.96. The number of hydrogen-bond donors (Lipinski definition) is 3. The molecule has 8 heteroatoms. The van der Waals surface area contributed by atoms with Gasteiger partial charge in [0.25, 0.3) is 0 Å². The number of para-hydroxylation sites is 1. The highest BCUT2D eigenvalue weighted by molar-refractivity contribution is 14.0. The highest BCUT2D eigenvalue weighted by Gasteiger charge is 2.22. The van der Waals surface area contributed by atoms with Crippen LogP contribution >= 0.6 is 24.0 Å². The molecule has 1 aromatic carbocycles. The molecule has 29 heavy (non-hydrogen) atoms. The third-order valence-electron chi connectivity index (χ3n) is 5.38. The summed E-state index contributed by atoms with van der Waals surface area (Å²) in [6.45, 7) is 5.56. The molecule has 0 radical (unpaired) electrons. The van der Waals surface area contributed by atoms with Gasteiger partial charge in [-0.2, -0.15) is 0 Å². The van der Waals surface area contributed by atoms with Crippen LogP contribution in [0.2, 0.25) is 0 Å². The number of amides is 1. The van der Waals surface area contributed by atoms with E-state index in [1.54, 1.807) is 0 Å². The molecular formula is C21H34IN5O2. The number of ether oxygens (including phenoxy) is 1. The van der Waals surface area contributed by atoms with Gasteiger partial charge in [-0.15, -0.1) is 24.0 Å². The van der Waals surface area contributed by atoms with Gasteiger partial charge in [-0.3, -0.25) is 9.69 Å². The van der Waals surface area contributed by atoms with Gasteiger partial charge in [0, 0.05) is 31.2 Å². The number of rotatable bonds is 8. The average Bonchev–Trinajstić information content (AvgIpc) is 2.65. The smallest absolute Gasteiger partial charge is 0.231 e. The third kappa shape index (κ3) is 7.65. The molecule has 1 saturated carbocycles. The fraction of sp³-hybridized carbons (Fsp3) is 0.619. The van der Waals surface area contributed by atoms with Crippen molar-refractivity contribution in [2.75, 3.05) is 26.2 Å². The second-order valence-corrected chi connectivity index (χ2v) is 7.63. The van der Waals surface area contributed by atoms with Gasteiger partial charge in [-0.1, -0.05) is 18.2 Å². The Hall–Kier alpha value is -1.55. The van der Waals surface area contributed by atoms with E-state index in [9.17, 15) is 4.79 Å². The minimum absolute atomic E-state index is 0. The van der Waals surface area contributed by atoms with Crippen molar-refractivity contribution in [2.24, 2.45) is 10.7 Å². The van der Waals surface area contributed by atoms with Gasteiger partial charge < -0.3 is 21.1 Å². The van der Waals surface area contributed by atoms with Crippen molar-refractivity contribution < 1.29 is 9.53 Å². The summed E-state index contributed by atoms with van der Waals surface area (Å²) in [4.78, 5) is 18.0. The maximum atomic E-state index is 11.1. The lowest BCUT2D eigenvalue weighted by molar-refractivity contribution is -0.119. The van der Waals surface area contributed by atoms with Crippen molar-refractivity contribution >= 4 is 35.8 Å². The van der Waals surface area contributed by atoms with Crippen LogP contribution in [0.15, 0.2) is 29.3 Å². The van der Waals surface area contributed by atoms with Crippen LogP contribution in [-0.2, 0) is 11.3 Å². The standard InChI is InChI=1S/C21H33N5O2.HI/c1-2-23-21(25-17-10-12-26(13-11-17)15-20(22)27)24-14-16-6-3-4-9-19(16)28-18-7-5-8-18;/h3-4,6,9,17-18H,2,5,7-8,10-15H2,1H3,(H2,22,27)(H2,23,24,25);1H. The summed E-state index contributed by atoms with van der Waals surface area (Å²) in [7, 11) is 0. The predicted molar refractivity (Wildman–Crippen MR) is 127 cm³/mol. The Balaban J connectivity index is 0.00000300. The van der Waals surface area contributed by atoms with Gasteiger partial charge in [0.15, 0.2) is 5.96 Å². The summed E-state index contributed by atoms with van der Waals surface area (Å²) in [5.41, 5.74) is 6.41. The minimum atomic E-state index is -0.260. The first-order valence-electron chi connectivity index (χ1n) is 10.4. The molecule has 1 saturated heterocycles. The number of primary amides is 1. The van der Waals surface area contributed by atoms with E-state index >= 15 is 0 Å². The summed E-state index contributed by atoms with van der Waals surface area (Å²) < 4.78 is 6.11. The number of carbonyl (C=O) groups is 1. The molecule has 1 aromatic rings. The molecule has 1 aliphatic carbocycles. The number of hydrogen-bond acceptors (Lipinski definition) is 4. The zero-order chi connectivity index (χ0) is 19.8. The highest BCUT2D eigenvalue weighted by atomic mass is 127. The first-order valence-corrected chi connectivity index (χ1v) is 10.4. The van der Waals surface area contributed by atoms with Gasteiger partial charge in [-0.25, -0.2) is 4.99 Å². The number of aliphatic imine (C=N–C) groups is 1. The zero-order valence-electron chi connectivity index (χ0n) is 17.2. The number of nitrogens with one attached hydrogen (secondary N) is 2. The quantitative estimate of drug-likeness (QED) is 0.281. The predicted octanol–water partition coefficient (Wildman–Crippen LogP) is 2.24. The summed E-state index contributed by atoms with van der Waals surface area (Å²) >= 11 is 0. The lowest BCUT2D eigenvalue weighted by Gasteiger charge is -2.32. The Morgan fingerprint density at radius 3 is 2.59 bits per heavy atom. The van der Waals surface area contributed by atoms with Gasteiger partial charge in [0.05, 0.1) is 19.2 Å². The SMILES string of the molecule is CCNC(=NCc1ccccc1OC1CCC1)NC1CCN(CC(N)=O)CC1.I. The van der Waals surface area contributed by atoms with Crippen LogP contribution < -0.4 is 21.1 Å². The number of benzene rings is 1. The van der Waals surface area contributed by atoms with Gasteiger partial charge in [-0.05, 0) is 45.1 Å². The van der Waals surface area contributed by atoms with Gasteiger partial charge in [0.1, 0.15) is 5.75 Å². The van der Waals surface area contributed by atoms with E-state index in [1.807, 2.05) is 18.2 Å². The number of guanidine groups is 1. The van der Waals surface area contributed by atoms with E-state index in [1.165, 1.54) is 6.42 Å². The van der Waals surface area contributed by atoms with Crippen LogP contribution in [-0.4, -0.2) is 55.1 Å². The van der Waals surface area contributed by atoms with Crippen LogP contribution in [0.25, 0.3) is 0 Å². The Labute approximate surface area is 190 Å². The van der Waals surface area contributed by atoms with E-state index in [0.29, 0.717) is 25.2 Å². The van der Waals surface area contributed by atoms with Crippen LogP contribution in [0.5, 0.6) is 5.75 Å². The normalized spacial score (nSPS) is 18.4. The van der Waals surface area contributed by atoms with Gasteiger partial charge >= 0.3 is 0 Å². The molecule has 1 amide bonds. The van der Waals surface area contributed by atoms with Crippen molar-refractivity contribution in [1.29, 1.82) is 0 Å². The number of nitrogens with zero attached hydrogens (tertiary/aromatic N) is 2. The van der Waals surface area contributed by atoms with E-state index < -0.39 is 0 Å². The minimum Gasteiger partial charge on any atom is -0.490 e. The molecule has 0 atom stereocenters. The Bertz CT molecular complexity index is 673. The maximum absolute atomic E-state index is 11.1. The molecule has 162 valence electrons. The molecule has 2 aliphatic rings. The monoisotopic (exact) mass is 515 g/mol. The second-order valence-electron chi connectivity index (χ2n) is 7.63. The summed E-state index contributed by atoms with van der Waals surface area (Å²) in [5, 5.41) is 6.88. The van der Waals surface area contributed by atoms with Crippen molar-refractivity contribution in [3.05, 3.63) is 29.8 Å². The number of nitrogens with two attached hydrogens (primary N) is 1. The number of likely N-dealkylation sites (tertiary alicyclic amines) is 1. The average molecular weight is 515 g/mol. The maximum Gasteiger partial charge on any atom is 0.231 e. The molecule has 0 spiro atoms. The zero-order valence-corrected chi connectivity index (χ0v) is 19.6. The molecule has 1 aliphatic heterocycles. The molecule has 0 bridgehead atoms. The molecule has 1 heterocycles. The number of halogens is 1. The van der Waals surface area contributed by atoms with Crippen LogP contribution in [0, 0.1) is 0 Å². The number of piperidine rings is 1. The third-order valence-corrected chi connectivity index (χ3v) is 5.38. The van der Waals surface area contributed by atoms with Crippen LogP contribution in [0.1, 0.15) is 44.6 Å². The Morgan fingerprint density at radius 1 is 1.24 bits per heavy atom. The first kappa shape index (κ1) is 23.7. The number of carbonyl (C=O) groups excluding carboxylic acids is 1. The fourth-order valence-electron chi connectivity index (χ4n) is 3.55. The van der Waals surface area contributed by atoms with Crippen molar-refractivity contribution in [1.82, 2.24) is 15.5 Å². The fourth-order valence-corrected chi connectivity index (χ4v) is 3.55. The van der Waals surface area contributed by atoms with E-state index in [2.05, 4.69) is 28.5 Å². The summed E-state index contributed by atoms with van der Waals surface area (Å²) in [6.07, 6.45) is 5.87. The first-order chi connectivity index (χ1) is 13.6. The molecule has 4 N–H and O–H groups in total. The molecule has 0 aromatic heterocycles. The Kier molecular flexibility index (Phi) is 9.99. The van der Waals surface area contributed by atoms with E-state index in [0.717, 1.165) is 62.6 Å². The molecule has 7 nitrogen and oxygen atoms in total. The van der Waals surface area contributed by atoms with E-state index in [-0.39, 0.29) is 29.9 Å².